The number of nitrogens with one attached hydrogen (secondary N) is 2. The van der Waals surface area contributed by atoms with E-state index in [0.29, 0.717) is 11.5 Å². The van der Waals surface area contributed by atoms with Gasteiger partial charge in [-0.05, 0) is 44.4 Å². The van der Waals surface area contributed by atoms with Crippen molar-refractivity contribution in [2.75, 3.05) is 37.7 Å². The van der Waals surface area contributed by atoms with E-state index in [-0.39, 0.29) is 49.3 Å². The smallest absolute Gasteiger partial charge is 0.191 e. The highest BCUT2D eigenvalue weighted by molar-refractivity contribution is 14.0. The van der Waals surface area contributed by atoms with Crippen LogP contribution in [0.1, 0.15) is 43.9 Å². The lowest BCUT2D eigenvalue weighted by Crippen LogP contribution is -2.51. The number of aliphatic imine (C=N–C) groups is 1. The molecule has 3 atom stereocenters. The molecule has 8 heteroatoms. The maximum absolute atomic E-state index is 10.4. The normalized spacial score (nSPS) is 17.8. The lowest BCUT2D eigenvalue weighted by atomic mass is 10.0. The highest BCUT2D eigenvalue weighted by Gasteiger charge is 2.22. The van der Waals surface area contributed by atoms with E-state index in [1.54, 1.807) is 0 Å². The van der Waals surface area contributed by atoms with Gasteiger partial charge >= 0.3 is 0 Å². The van der Waals surface area contributed by atoms with Crippen molar-refractivity contribution >= 4 is 35.6 Å². The van der Waals surface area contributed by atoms with E-state index in [1.165, 1.54) is 0 Å². The number of aliphatic hydroxyl groups is 1. The maximum Gasteiger partial charge on any atom is 0.191 e. The average molecular weight is 578 g/mol. The molecule has 7 nitrogen and oxygen atoms in total. The highest BCUT2D eigenvalue weighted by atomic mass is 127. The fraction of sp³-hybridized carbons (Fsp3) is 0.462. The van der Waals surface area contributed by atoms with E-state index >= 15 is 0 Å². The molecule has 184 valence electrons. The summed E-state index contributed by atoms with van der Waals surface area (Å²) in [6.07, 6.45) is 1.29. The quantitative estimate of drug-likeness (QED) is 0.238. The van der Waals surface area contributed by atoms with Gasteiger partial charge in [-0.1, -0.05) is 42.5 Å². The minimum absolute atomic E-state index is 0. The number of hydrogen-bond donors (Lipinski definition) is 3. The number of nitrogens with zero attached hydrogens (tertiary/aromatic N) is 3. The Bertz CT molecular complexity index is 934. The van der Waals surface area contributed by atoms with E-state index < -0.39 is 6.10 Å². The molecular formula is C26H36IN5O2. The number of nitriles is 1. The topological polar surface area (TPSA) is 92.9 Å². The zero-order valence-corrected chi connectivity index (χ0v) is 22.3. The van der Waals surface area contributed by atoms with Gasteiger partial charge in [-0.15, -0.1) is 24.0 Å². The summed E-state index contributed by atoms with van der Waals surface area (Å²) >= 11 is 0. The predicted octanol–water partition coefficient (Wildman–Crippen LogP) is 3.84. The third-order valence-electron chi connectivity index (χ3n) is 5.74. The van der Waals surface area contributed by atoms with Gasteiger partial charge in [0.05, 0.1) is 36.6 Å². The Morgan fingerprint density at radius 3 is 2.71 bits per heavy atom. The molecule has 0 amide bonds. The molecule has 1 heterocycles. The highest BCUT2D eigenvalue weighted by Crippen LogP contribution is 2.23. The van der Waals surface area contributed by atoms with Crippen LogP contribution in [-0.4, -0.2) is 56.0 Å². The number of aliphatic hydroxyl groups excluding tert-OH is 1. The second-order valence-electron chi connectivity index (χ2n) is 8.32. The molecular weight excluding hydrogens is 541 g/mol. The molecule has 0 aromatic heterocycles. The fourth-order valence-electron chi connectivity index (χ4n) is 4.00. The monoisotopic (exact) mass is 577 g/mol. The molecule has 0 saturated carbocycles. The van der Waals surface area contributed by atoms with Gasteiger partial charge in [-0.2, -0.15) is 5.26 Å². The molecule has 3 unspecified atom stereocenters. The summed E-state index contributed by atoms with van der Waals surface area (Å²) in [6.45, 7) is 6.94. The van der Waals surface area contributed by atoms with Crippen LogP contribution in [0.5, 0.6) is 0 Å². The Labute approximate surface area is 220 Å². The fourth-order valence-corrected chi connectivity index (χ4v) is 4.00. The van der Waals surface area contributed by atoms with Gasteiger partial charge in [0.2, 0.25) is 0 Å². The second kappa shape index (κ2) is 14.8. The number of hydrogen-bond acceptors (Lipinski definition) is 5. The Balaban J connectivity index is 0.00000408. The molecule has 3 N–H and O–H groups in total. The number of piperidine rings is 1. The van der Waals surface area contributed by atoms with E-state index in [0.717, 1.165) is 43.7 Å². The van der Waals surface area contributed by atoms with Crippen molar-refractivity contribution in [3.05, 3.63) is 65.7 Å². The zero-order chi connectivity index (χ0) is 23.5. The molecule has 0 spiro atoms. The molecule has 1 aliphatic heterocycles. The summed E-state index contributed by atoms with van der Waals surface area (Å²) in [6, 6.07) is 20.2. The number of guanidine groups is 1. The van der Waals surface area contributed by atoms with Crippen LogP contribution in [-0.2, 0) is 4.74 Å². The van der Waals surface area contributed by atoms with Crippen molar-refractivity contribution in [2.45, 2.75) is 44.9 Å². The van der Waals surface area contributed by atoms with Crippen molar-refractivity contribution in [3.8, 4) is 6.07 Å². The molecule has 1 aliphatic rings. The molecule has 0 bridgehead atoms. The van der Waals surface area contributed by atoms with Gasteiger partial charge in [0.15, 0.2) is 5.96 Å². The summed E-state index contributed by atoms with van der Waals surface area (Å²) in [7, 11) is 0. The van der Waals surface area contributed by atoms with E-state index in [4.69, 9.17) is 4.74 Å². The van der Waals surface area contributed by atoms with Crippen molar-refractivity contribution in [3.63, 3.8) is 0 Å². The number of benzene rings is 2. The van der Waals surface area contributed by atoms with Crippen LogP contribution in [0.25, 0.3) is 0 Å². The molecule has 1 saturated heterocycles. The number of halogens is 1. The number of rotatable bonds is 9. The molecule has 34 heavy (non-hydrogen) atoms. The SMILES string of the molecule is CCNC(=NCC(O)COC(C)c1ccccc1)NC1CCCN(c2ccccc2C#N)C1.I. The first-order chi connectivity index (χ1) is 16.1. The van der Waals surface area contributed by atoms with Gasteiger partial charge in [-0.3, -0.25) is 4.99 Å². The van der Waals surface area contributed by atoms with Gasteiger partial charge in [-0.25, -0.2) is 0 Å². The van der Waals surface area contributed by atoms with Crippen LogP contribution in [0.4, 0.5) is 5.69 Å². The lowest BCUT2D eigenvalue weighted by molar-refractivity contribution is 0.00111. The second-order valence-corrected chi connectivity index (χ2v) is 8.32. The van der Waals surface area contributed by atoms with Gasteiger partial charge in [0, 0.05) is 25.7 Å². The van der Waals surface area contributed by atoms with Crippen LogP contribution in [0.2, 0.25) is 0 Å². The van der Waals surface area contributed by atoms with Crippen LogP contribution in [0, 0.1) is 11.3 Å². The first-order valence-electron chi connectivity index (χ1n) is 11.7. The minimum atomic E-state index is -0.683. The average Bonchev–Trinajstić information content (AvgIpc) is 2.86. The van der Waals surface area contributed by atoms with Gasteiger partial charge in [0.25, 0.3) is 0 Å². The van der Waals surface area contributed by atoms with Crippen molar-refractivity contribution in [2.24, 2.45) is 4.99 Å². The Hall–Kier alpha value is -2.35. The first kappa shape index (κ1) is 27.9. The maximum atomic E-state index is 10.4. The Morgan fingerprint density at radius 1 is 1.24 bits per heavy atom. The van der Waals surface area contributed by atoms with Gasteiger partial charge in [0.1, 0.15) is 6.07 Å². The Kier molecular flexibility index (Phi) is 12.2. The largest absolute Gasteiger partial charge is 0.389 e. The molecule has 1 fully saturated rings. The van der Waals surface area contributed by atoms with Crippen molar-refractivity contribution in [1.29, 1.82) is 5.26 Å². The minimum Gasteiger partial charge on any atom is -0.389 e. The number of ether oxygens (including phenoxy) is 1. The molecule has 2 aromatic rings. The van der Waals surface area contributed by atoms with Crippen LogP contribution >= 0.6 is 24.0 Å². The van der Waals surface area contributed by atoms with Crippen LogP contribution in [0.15, 0.2) is 59.6 Å². The van der Waals surface area contributed by atoms with Crippen molar-refractivity contribution in [1.82, 2.24) is 10.6 Å². The number of para-hydroxylation sites is 1. The molecule has 0 aliphatic carbocycles. The van der Waals surface area contributed by atoms with Crippen LogP contribution in [0.3, 0.4) is 0 Å². The third-order valence-corrected chi connectivity index (χ3v) is 5.74. The van der Waals surface area contributed by atoms with E-state index in [9.17, 15) is 10.4 Å². The molecule has 2 aromatic carbocycles. The third kappa shape index (κ3) is 8.46. The lowest BCUT2D eigenvalue weighted by Gasteiger charge is -2.35. The summed E-state index contributed by atoms with van der Waals surface area (Å²) < 4.78 is 5.82. The first-order valence-corrected chi connectivity index (χ1v) is 11.7. The number of anilines is 1. The Morgan fingerprint density at radius 2 is 1.97 bits per heavy atom. The van der Waals surface area contributed by atoms with E-state index in [1.807, 2.05) is 68.4 Å². The van der Waals surface area contributed by atoms with Crippen LogP contribution < -0.4 is 15.5 Å². The van der Waals surface area contributed by atoms with Gasteiger partial charge < -0.3 is 25.4 Å². The predicted molar refractivity (Wildman–Crippen MR) is 148 cm³/mol. The molecule has 3 rings (SSSR count). The standard InChI is InChI=1S/C26H35N5O2.HI/c1-3-28-26(29-17-24(32)19-33-20(2)21-10-5-4-6-11-21)30-23-13-9-15-31(18-23)25-14-8-7-12-22(25)16-27;/h4-8,10-12,14,20,23-24,32H,3,9,13,15,17-19H2,1-2H3,(H2,28,29,30);1H. The summed E-state index contributed by atoms with van der Waals surface area (Å²) in [4.78, 5) is 6.84. The van der Waals surface area contributed by atoms with Crippen molar-refractivity contribution < 1.29 is 9.84 Å². The molecule has 0 radical (unpaired) electrons. The summed E-state index contributed by atoms with van der Waals surface area (Å²) in [5.74, 6) is 0.688. The van der Waals surface area contributed by atoms with E-state index in [2.05, 4.69) is 26.6 Å². The summed E-state index contributed by atoms with van der Waals surface area (Å²) in [5, 5.41) is 26.6. The summed E-state index contributed by atoms with van der Waals surface area (Å²) in [5.41, 5.74) is 2.77. The zero-order valence-electron chi connectivity index (χ0n) is 20.0.